The number of aromatic nitrogens is 2. The molecule has 0 saturated carbocycles. The van der Waals surface area contributed by atoms with Gasteiger partial charge in [-0.1, -0.05) is 35.9 Å². The summed E-state index contributed by atoms with van der Waals surface area (Å²) in [6.07, 6.45) is 3.24. The fourth-order valence-electron chi connectivity index (χ4n) is 4.45. The number of hydrogen-bond acceptors (Lipinski definition) is 6. The zero-order valence-corrected chi connectivity index (χ0v) is 21.4. The largest absolute Gasteiger partial charge is 0.489 e. The van der Waals surface area contributed by atoms with Crippen LogP contribution in [0, 0.1) is 0 Å². The average molecular weight is 523 g/mol. The molecule has 1 atom stereocenters. The molecule has 0 radical (unpaired) electrons. The van der Waals surface area contributed by atoms with Crippen LogP contribution in [0.2, 0.25) is 5.02 Å². The third-order valence-corrected chi connectivity index (χ3v) is 7.24. The number of imidazole rings is 1. The first-order chi connectivity index (χ1) is 17.4. The van der Waals surface area contributed by atoms with E-state index >= 15 is 0 Å². The van der Waals surface area contributed by atoms with Crippen molar-refractivity contribution < 1.29 is 14.3 Å². The van der Waals surface area contributed by atoms with E-state index in [1.165, 1.54) is 0 Å². The molecule has 9 heteroatoms. The van der Waals surface area contributed by atoms with Gasteiger partial charge in [-0.15, -0.1) is 12.6 Å². The van der Waals surface area contributed by atoms with Gasteiger partial charge in [0.1, 0.15) is 30.0 Å². The number of para-hydroxylation sites is 2. The molecule has 3 aromatic carbocycles. The van der Waals surface area contributed by atoms with Crippen LogP contribution in [0.25, 0.3) is 16.7 Å². The predicted octanol–water partition coefficient (Wildman–Crippen LogP) is 5.34. The van der Waals surface area contributed by atoms with Gasteiger partial charge in [-0.2, -0.15) is 0 Å². The summed E-state index contributed by atoms with van der Waals surface area (Å²) in [5.74, 6) is 0.453. The Morgan fingerprint density at radius 2 is 1.94 bits per heavy atom. The number of thiol groups is 1. The fraction of sp³-hybridized carbons (Fsp3) is 0.259. The summed E-state index contributed by atoms with van der Waals surface area (Å²) in [7, 11) is 0. The Hall–Kier alpha value is -3.20. The summed E-state index contributed by atoms with van der Waals surface area (Å²) < 4.78 is 14.4. The van der Waals surface area contributed by atoms with E-state index in [1.54, 1.807) is 12.4 Å². The third-order valence-electron chi connectivity index (χ3n) is 6.37. The second-order valence-corrected chi connectivity index (χ2v) is 9.62. The van der Waals surface area contributed by atoms with E-state index in [1.807, 2.05) is 60.0 Å². The summed E-state index contributed by atoms with van der Waals surface area (Å²) >= 11 is 11.3. The van der Waals surface area contributed by atoms with Crippen molar-refractivity contribution in [3.63, 3.8) is 0 Å². The Morgan fingerprint density at radius 1 is 1.17 bits per heavy atom. The maximum Gasteiger partial charge on any atom is 0.250 e. The second-order valence-electron chi connectivity index (χ2n) is 8.79. The van der Waals surface area contributed by atoms with Crippen molar-refractivity contribution in [2.75, 3.05) is 13.1 Å². The van der Waals surface area contributed by atoms with Gasteiger partial charge in [-0.05, 0) is 57.1 Å². The van der Waals surface area contributed by atoms with Crippen molar-refractivity contribution in [1.82, 2.24) is 14.9 Å². The third kappa shape index (κ3) is 4.89. The highest BCUT2D eigenvalue weighted by atomic mass is 35.5. The quantitative estimate of drug-likeness (QED) is 0.285. The van der Waals surface area contributed by atoms with E-state index in [2.05, 4.69) is 22.9 Å². The van der Waals surface area contributed by atoms with Crippen molar-refractivity contribution in [3.05, 3.63) is 77.1 Å². The summed E-state index contributed by atoms with van der Waals surface area (Å²) in [5.41, 5.74) is 9.12. The molecule has 1 aromatic heterocycles. The number of benzene rings is 3. The lowest BCUT2D eigenvalue weighted by Gasteiger charge is -2.25. The van der Waals surface area contributed by atoms with Crippen LogP contribution >= 0.6 is 24.2 Å². The van der Waals surface area contributed by atoms with Crippen LogP contribution in [0.15, 0.2) is 65.8 Å². The molecule has 0 bridgehead atoms. The molecule has 186 valence electrons. The van der Waals surface area contributed by atoms with E-state index < -0.39 is 12.0 Å². The number of fused-ring (bicyclic) bond motifs is 1. The smallest absolute Gasteiger partial charge is 0.250 e. The van der Waals surface area contributed by atoms with Crippen molar-refractivity contribution in [2.24, 2.45) is 5.73 Å². The molecule has 36 heavy (non-hydrogen) atoms. The minimum atomic E-state index is -0.598. The Kier molecular flexibility index (Phi) is 7.09. The maximum absolute atomic E-state index is 12.3. The van der Waals surface area contributed by atoms with Gasteiger partial charge in [0.05, 0.1) is 32.2 Å². The average Bonchev–Trinajstić information content (AvgIpc) is 3.31. The van der Waals surface area contributed by atoms with Crippen molar-refractivity contribution in [3.8, 4) is 17.2 Å². The Bertz CT molecular complexity index is 1420. The Labute approximate surface area is 220 Å². The number of hydrogen-bond donors (Lipinski definition) is 3. The van der Waals surface area contributed by atoms with Crippen LogP contribution in [0.5, 0.6) is 11.5 Å². The molecule has 4 aromatic rings. The first-order valence-corrected chi connectivity index (χ1v) is 12.7. The predicted molar refractivity (Wildman–Crippen MR) is 144 cm³/mol. The van der Waals surface area contributed by atoms with Crippen molar-refractivity contribution in [1.29, 1.82) is 0 Å². The molecule has 1 aliphatic rings. The van der Waals surface area contributed by atoms with Crippen LogP contribution in [-0.4, -0.2) is 34.7 Å². The van der Waals surface area contributed by atoms with Gasteiger partial charge in [0.15, 0.2) is 0 Å². The lowest BCUT2D eigenvalue weighted by Crippen LogP contribution is -2.34. The molecule has 0 unspecified atom stereocenters. The van der Waals surface area contributed by atoms with Gasteiger partial charge in [-0.3, -0.25) is 9.36 Å². The molecule has 3 N–H and O–H groups in total. The molecule has 2 heterocycles. The van der Waals surface area contributed by atoms with Gasteiger partial charge < -0.3 is 20.5 Å². The van der Waals surface area contributed by atoms with Crippen molar-refractivity contribution >= 4 is 41.2 Å². The fourth-order valence-corrected chi connectivity index (χ4v) is 5.07. The van der Waals surface area contributed by atoms with Gasteiger partial charge in [0, 0.05) is 11.6 Å². The molecule has 1 aliphatic heterocycles. The van der Waals surface area contributed by atoms with E-state index in [-0.39, 0.29) is 11.7 Å². The lowest BCUT2D eigenvalue weighted by atomic mass is 10.1. The lowest BCUT2D eigenvalue weighted by molar-refractivity contribution is 0.0996. The van der Waals surface area contributed by atoms with E-state index in [0.29, 0.717) is 27.1 Å². The number of nitrogens with one attached hydrogen (secondary N) is 1. The second kappa shape index (κ2) is 10.4. The standard InChI is InChI=1S/C27H27ClN4O3S/c1-16(19-5-4-8-23(25(19)28)35-18-9-11-30-12-10-18)34-24-14-17(13-20(26(24)36)27(29)33)32-15-31-21-6-2-3-7-22(21)32/h2-8,13-16,18,30,36H,9-12H2,1H3,(H2,29,33)/t16-/m1/s1. The molecule has 7 nitrogen and oxygen atoms in total. The minimum Gasteiger partial charge on any atom is -0.489 e. The first kappa shape index (κ1) is 24.5. The molecular weight excluding hydrogens is 496 g/mol. The number of rotatable bonds is 7. The maximum atomic E-state index is 12.3. The normalized spacial score (nSPS) is 15.1. The van der Waals surface area contributed by atoms with Crippen LogP contribution in [0.1, 0.15) is 41.8 Å². The zero-order valence-electron chi connectivity index (χ0n) is 19.8. The summed E-state index contributed by atoms with van der Waals surface area (Å²) in [5, 5.41) is 3.85. The topological polar surface area (TPSA) is 91.4 Å². The molecular formula is C27H27ClN4O3S. The van der Waals surface area contributed by atoms with Gasteiger partial charge >= 0.3 is 0 Å². The molecule has 1 saturated heterocycles. The number of ether oxygens (including phenoxy) is 2. The Balaban J connectivity index is 1.48. The molecule has 5 rings (SSSR count). The monoisotopic (exact) mass is 522 g/mol. The van der Waals surface area contributed by atoms with Crippen LogP contribution < -0.4 is 20.5 Å². The van der Waals surface area contributed by atoms with Crippen LogP contribution in [0.3, 0.4) is 0 Å². The number of halogens is 1. The molecule has 1 fully saturated rings. The number of carbonyl (C=O) groups excluding carboxylic acids is 1. The molecule has 0 aliphatic carbocycles. The van der Waals surface area contributed by atoms with Crippen LogP contribution in [-0.2, 0) is 0 Å². The number of amides is 1. The molecule has 1 amide bonds. The number of carbonyl (C=O) groups is 1. The van der Waals surface area contributed by atoms with Crippen LogP contribution in [0.4, 0.5) is 0 Å². The number of piperidine rings is 1. The highest BCUT2D eigenvalue weighted by Gasteiger charge is 2.22. The molecule has 0 spiro atoms. The minimum absolute atomic E-state index is 0.124. The highest BCUT2D eigenvalue weighted by molar-refractivity contribution is 7.80. The SMILES string of the molecule is C[C@@H](Oc1cc(-n2cnc3ccccc32)cc(C(N)=O)c1S)c1cccc(OC2CCNCC2)c1Cl. The number of nitrogens with two attached hydrogens (primary N) is 1. The number of primary amides is 1. The van der Waals surface area contributed by atoms with Crippen molar-refractivity contribution in [2.45, 2.75) is 36.9 Å². The first-order valence-electron chi connectivity index (χ1n) is 11.8. The summed E-state index contributed by atoms with van der Waals surface area (Å²) in [6.45, 7) is 3.75. The van der Waals surface area contributed by atoms with E-state index in [4.69, 9.17) is 26.8 Å². The summed E-state index contributed by atoms with van der Waals surface area (Å²) in [6, 6.07) is 16.9. The van der Waals surface area contributed by atoms with Gasteiger partial charge in [0.25, 0.3) is 0 Å². The summed E-state index contributed by atoms with van der Waals surface area (Å²) in [4.78, 5) is 17.1. The van der Waals surface area contributed by atoms with E-state index in [9.17, 15) is 4.79 Å². The number of nitrogens with zero attached hydrogens (tertiary/aromatic N) is 2. The zero-order chi connectivity index (χ0) is 25.2. The Morgan fingerprint density at radius 3 is 2.72 bits per heavy atom. The highest BCUT2D eigenvalue weighted by Crippen LogP contribution is 2.38. The van der Waals surface area contributed by atoms with Gasteiger partial charge in [-0.25, -0.2) is 4.98 Å². The van der Waals surface area contributed by atoms with Gasteiger partial charge in [0.2, 0.25) is 5.91 Å². The van der Waals surface area contributed by atoms with E-state index in [0.717, 1.165) is 42.5 Å².